The lowest BCUT2D eigenvalue weighted by molar-refractivity contribution is -0.144. The van der Waals surface area contributed by atoms with Gasteiger partial charge in [0.1, 0.15) is 0 Å². The molecule has 0 aliphatic carbocycles. The van der Waals surface area contributed by atoms with E-state index in [-0.39, 0.29) is 42.1 Å². The summed E-state index contributed by atoms with van der Waals surface area (Å²) in [6, 6.07) is 7.79. The van der Waals surface area contributed by atoms with E-state index < -0.39 is 0 Å². The molecule has 0 radical (unpaired) electrons. The van der Waals surface area contributed by atoms with Gasteiger partial charge in [-0.3, -0.25) is 9.59 Å². The quantitative estimate of drug-likeness (QED) is 0.827. The Bertz CT molecular complexity index is 660. The van der Waals surface area contributed by atoms with Crippen LogP contribution < -0.4 is 5.32 Å². The molecule has 2 amide bonds. The van der Waals surface area contributed by atoms with Gasteiger partial charge in [0.25, 0.3) is 0 Å². The normalized spacial score (nSPS) is 21.1. The number of likely N-dealkylation sites (tertiary alicyclic amines) is 1. The summed E-state index contributed by atoms with van der Waals surface area (Å²) in [5, 5.41) is 4.08. The van der Waals surface area contributed by atoms with Gasteiger partial charge in [0.05, 0.1) is 6.04 Å². The number of rotatable bonds is 3. The number of piperazine rings is 1. The highest BCUT2D eigenvalue weighted by molar-refractivity contribution is 6.30. The SMILES string of the molecule is CC(C)C(=O)N1CCC(C(=O)N2CCNCC2c2cccc(Cl)c2)CC1.Cl. The predicted octanol–water partition coefficient (Wildman–Crippen LogP) is 3.13. The van der Waals surface area contributed by atoms with Gasteiger partial charge in [-0.25, -0.2) is 0 Å². The van der Waals surface area contributed by atoms with E-state index in [4.69, 9.17) is 11.6 Å². The number of carbonyl (C=O) groups is 2. The Morgan fingerprint density at radius 1 is 1.19 bits per heavy atom. The topological polar surface area (TPSA) is 52.7 Å². The minimum absolute atomic E-state index is 0. The average Bonchev–Trinajstić information content (AvgIpc) is 2.67. The fourth-order valence-corrected chi connectivity index (χ4v) is 4.12. The van der Waals surface area contributed by atoms with Crippen molar-refractivity contribution < 1.29 is 9.59 Å². The van der Waals surface area contributed by atoms with Gasteiger partial charge in [0.15, 0.2) is 0 Å². The molecule has 2 heterocycles. The third-order valence-electron chi connectivity index (χ3n) is 5.41. The molecule has 3 rings (SSSR count). The summed E-state index contributed by atoms with van der Waals surface area (Å²) in [5.74, 6) is 0.427. The van der Waals surface area contributed by atoms with Crippen molar-refractivity contribution >= 4 is 35.8 Å². The third kappa shape index (κ3) is 5.15. The lowest BCUT2D eigenvalue weighted by Gasteiger charge is -2.40. The van der Waals surface area contributed by atoms with Crippen molar-refractivity contribution in [3.63, 3.8) is 0 Å². The number of nitrogens with one attached hydrogen (secondary N) is 1. The molecule has 1 aromatic rings. The zero-order valence-electron chi connectivity index (χ0n) is 16.0. The van der Waals surface area contributed by atoms with Gasteiger partial charge in [-0.1, -0.05) is 37.6 Å². The molecule has 2 saturated heterocycles. The Morgan fingerprint density at radius 3 is 2.52 bits per heavy atom. The lowest BCUT2D eigenvalue weighted by atomic mass is 9.92. The van der Waals surface area contributed by atoms with E-state index in [0.29, 0.717) is 24.7 Å². The first-order valence-corrected chi connectivity index (χ1v) is 9.90. The van der Waals surface area contributed by atoms with Gasteiger partial charge >= 0.3 is 0 Å². The van der Waals surface area contributed by atoms with Crippen LogP contribution in [0.2, 0.25) is 5.02 Å². The maximum atomic E-state index is 13.2. The first-order chi connectivity index (χ1) is 12.5. The molecule has 27 heavy (non-hydrogen) atoms. The number of hydrogen-bond acceptors (Lipinski definition) is 3. The third-order valence-corrected chi connectivity index (χ3v) is 5.64. The molecule has 0 spiro atoms. The van der Waals surface area contributed by atoms with E-state index in [0.717, 1.165) is 31.5 Å². The van der Waals surface area contributed by atoms with Crippen LogP contribution in [-0.4, -0.2) is 54.3 Å². The molecule has 150 valence electrons. The molecule has 2 aliphatic heterocycles. The van der Waals surface area contributed by atoms with E-state index >= 15 is 0 Å². The van der Waals surface area contributed by atoms with Gasteiger partial charge < -0.3 is 15.1 Å². The summed E-state index contributed by atoms with van der Waals surface area (Å²) < 4.78 is 0. The van der Waals surface area contributed by atoms with Crippen LogP contribution in [0.1, 0.15) is 38.3 Å². The molecule has 1 aromatic carbocycles. The minimum atomic E-state index is 0. The number of hydrogen-bond donors (Lipinski definition) is 1. The zero-order valence-corrected chi connectivity index (χ0v) is 17.6. The zero-order chi connectivity index (χ0) is 18.7. The Labute approximate surface area is 172 Å². The van der Waals surface area contributed by atoms with E-state index in [2.05, 4.69) is 5.32 Å². The monoisotopic (exact) mass is 413 g/mol. The molecule has 1 N–H and O–H groups in total. The molecule has 2 fully saturated rings. The second-order valence-electron chi connectivity index (χ2n) is 7.56. The second-order valence-corrected chi connectivity index (χ2v) is 8.00. The Morgan fingerprint density at radius 2 is 1.89 bits per heavy atom. The largest absolute Gasteiger partial charge is 0.342 e. The van der Waals surface area contributed by atoms with Crippen molar-refractivity contribution in [1.82, 2.24) is 15.1 Å². The van der Waals surface area contributed by atoms with Crippen LogP contribution in [-0.2, 0) is 9.59 Å². The van der Waals surface area contributed by atoms with Crippen LogP contribution in [0.15, 0.2) is 24.3 Å². The van der Waals surface area contributed by atoms with E-state index in [1.807, 2.05) is 47.9 Å². The molecular formula is C20H29Cl2N3O2. The first kappa shape index (κ1) is 22.0. The standard InChI is InChI=1S/C20H28ClN3O2.ClH/c1-14(2)19(25)23-9-6-15(7-10-23)20(26)24-11-8-22-13-18(24)16-4-3-5-17(21)12-16;/h3-5,12,14-15,18,22H,6-11,13H2,1-2H3;1H. The molecule has 1 atom stereocenters. The molecule has 0 aromatic heterocycles. The molecule has 5 nitrogen and oxygen atoms in total. The molecule has 7 heteroatoms. The number of piperidine rings is 1. The second kappa shape index (κ2) is 9.76. The number of halogens is 2. The van der Waals surface area contributed by atoms with Crippen molar-refractivity contribution in [2.75, 3.05) is 32.7 Å². The maximum absolute atomic E-state index is 13.2. The average molecular weight is 414 g/mol. The number of benzene rings is 1. The maximum Gasteiger partial charge on any atom is 0.226 e. The van der Waals surface area contributed by atoms with Gasteiger partial charge in [0, 0.05) is 49.6 Å². The summed E-state index contributed by atoms with van der Waals surface area (Å²) in [6.45, 7) is 7.49. The van der Waals surface area contributed by atoms with Crippen LogP contribution in [0.3, 0.4) is 0 Å². The molecule has 1 unspecified atom stereocenters. The summed E-state index contributed by atoms with van der Waals surface area (Å²) in [7, 11) is 0. The first-order valence-electron chi connectivity index (χ1n) is 9.53. The molecule has 0 saturated carbocycles. The van der Waals surface area contributed by atoms with Gasteiger partial charge in [-0.05, 0) is 30.5 Å². The highest BCUT2D eigenvalue weighted by atomic mass is 35.5. The fraction of sp³-hybridized carbons (Fsp3) is 0.600. The van der Waals surface area contributed by atoms with E-state index in [1.54, 1.807) is 0 Å². The molecule has 0 bridgehead atoms. The van der Waals surface area contributed by atoms with Crippen LogP contribution in [0.25, 0.3) is 0 Å². The van der Waals surface area contributed by atoms with Crippen molar-refractivity contribution in [3.8, 4) is 0 Å². The van der Waals surface area contributed by atoms with Gasteiger partial charge in [-0.15, -0.1) is 12.4 Å². The van der Waals surface area contributed by atoms with Crippen LogP contribution in [0.5, 0.6) is 0 Å². The van der Waals surface area contributed by atoms with Crippen molar-refractivity contribution in [3.05, 3.63) is 34.9 Å². The van der Waals surface area contributed by atoms with Crippen LogP contribution >= 0.6 is 24.0 Å². The van der Waals surface area contributed by atoms with E-state index in [1.165, 1.54) is 0 Å². The van der Waals surface area contributed by atoms with E-state index in [9.17, 15) is 9.59 Å². The fourth-order valence-electron chi connectivity index (χ4n) is 3.93. The Hall–Kier alpha value is -1.30. The van der Waals surface area contributed by atoms with Gasteiger partial charge in [0.2, 0.25) is 11.8 Å². The highest BCUT2D eigenvalue weighted by Gasteiger charge is 2.35. The Balaban J connectivity index is 0.00000261. The predicted molar refractivity (Wildman–Crippen MR) is 110 cm³/mol. The lowest BCUT2D eigenvalue weighted by Crippen LogP contribution is -2.52. The van der Waals surface area contributed by atoms with Crippen LogP contribution in [0.4, 0.5) is 0 Å². The van der Waals surface area contributed by atoms with Gasteiger partial charge in [-0.2, -0.15) is 0 Å². The molecular weight excluding hydrogens is 385 g/mol. The number of amides is 2. The summed E-state index contributed by atoms with van der Waals surface area (Å²) in [6.07, 6.45) is 1.51. The summed E-state index contributed by atoms with van der Waals surface area (Å²) in [5.41, 5.74) is 1.07. The van der Waals surface area contributed by atoms with Crippen LogP contribution in [0, 0.1) is 11.8 Å². The van der Waals surface area contributed by atoms with Crippen molar-refractivity contribution in [1.29, 1.82) is 0 Å². The van der Waals surface area contributed by atoms with Crippen molar-refractivity contribution in [2.24, 2.45) is 11.8 Å². The minimum Gasteiger partial charge on any atom is -0.342 e. The summed E-state index contributed by atoms with van der Waals surface area (Å²) >= 11 is 6.15. The number of nitrogens with zero attached hydrogens (tertiary/aromatic N) is 2. The van der Waals surface area contributed by atoms with Crippen molar-refractivity contribution in [2.45, 2.75) is 32.7 Å². The Kier molecular flexibility index (Phi) is 7.95. The summed E-state index contributed by atoms with van der Waals surface area (Å²) in [4.78, 5) is 29.3. The molecule has 2 aliphatic rings. The number of carbonyl (C=O) groups excluding carboxylic acids is 2. The highest BCUT2D eigenvalue weighted by Crippen LogP contribution is 2.29. The smallest absolute Gasteiger partial charge is 0.226 e.